The fraction of sp³-hybridized carbons (Fsp3) is 0.400. The van der Waals surface area contributed by atoms with E-state index in [1.165, 1.54) is 52.7 Å². The summed E-state index contributed by atoms with van der Waals surface area (Å²) in [5, 5.41) is 3.04. The monoisotopic (exact) mass is 390 g/mol. The van der Waals surface area contributed by atoms with Gasteiger partial charge in [0.1, 0.15) is 0 Å². The maximum Gasteiger partial charge on any atom is 0.0680 e. The summed E-state index contributed by atoms with van der Waals surface area (Å²) >= 11 is 10.1. The molecule has 25 heavy (non-hydrogen) atoms. The van der Waals surface area contributed by atoms with Crippen molar-refractivity contribution in [1.29, 1.82) is 0 Å². The van der Waals surface area contributed by atoms with E-state index in [0.717, 1.165) is 23.7 Å². The second-order valence-corrected chi connectivity index (χ2v) is 9.36. The molecule has 132 valence electrons. The lowest BCUT2D eigenvalue weighted by molar-refractivity contribution is 0.156. The molecule has 1 aromatic heterocycles. The molecule has 2 aromatic rings. The quantitative estimate of drug-likeness (QED) is 0.721. The average Bonchev–Trinajstić information content (AvgIpc) is 3.02. The van der Waals surface area contributed by atoms with E-state index in [-0.39, 0.29) is 0 Å². The molecule has 2 nitrogen and oxygen atoms in total. The number of thioether (sulfide) groups is 1. The zero-order valence-electron chi connectivity index (χ0n) is 14.5. The first kappa shape index (κ1) is 17.6. The number of likely N-dealkylation sites (N-methyl/N-ethyl adjacent to an activating group) is 1. The van der Waals surface area contributed by atoms with Crippen LogP contribution in [0.1, 0.15) is 23.1 Å². The number of nitrogens with zero attached hydrogens (tertiary/aromatic N) is 2. The summed E-state index contributed by atoms with van der Waals surface area (Å²) in [5.41, 5.74) is 5.46. The Labute approximate surface area is 163 Å². The van der Waals surface area contributed by atoms with Gasteiger partial charge in [-0.15, -0.1) is 23.1 Å². The van der Waals surface area contributed by atoms with Crippen molar-refractivity contribution in [3.8, 4) is 0 Å². The molecule has 0 bridgehead atoms. The Kier molecular flexibility index (Phi) is 5.53. The van der Waals surface area contributed by atoms with Crippen LogP contribution in [-0.4, -0.2) is 49.6 Å². The molecule has 2 aliphatic heterocycles. The largest absolute Gasteiger partial charge is 0.304 e. The Morgan fingerprint density at radius 2 is 1.96 bits per heavy atom. The summed E-state index contributed by atoms with van der Waals surface area (Å²) in [4.78, 5) is 4.99. The van der Waals surface area contributed by atoms with Gasteiger partial charge in [0, 0.05) is 49.1 Å². The summed E-state index contributed by atoms with van der Waals surface area (Å²) < 4.78 is 1.43. The first-order chi connectivity index (χ1) is 12.2. The van der Waals surface area contributed by atoms with Gasteiger partial charge in [-0.2, -0.15) is 0 Å². The Morgan fingerprint density at radius 1 is 1.12 bits per heavy atom. The van der Waals surface area contributed by atoms with Gasteiger partial charge >= 0.3 is 0 Å². The average molecular weight is 391 g/mol. The van der Waals surface area contributed by atoms with Gasteiger partial charge in [-0.3, -0.25) is 0 Å². The van der Waals surface area contributed by atoms with E-state index in [9.17, 15) is 0 Å². The van der Waals surface area contributed by atoms with Crippen LogP contribution >= 0.6 is 34.7 Å². The minimum absolute atomic E-state index is 0.826. The highest BCUT2D eigenvalue weighted by molar-refractivity contribution is 8.00. The summed E-state index contributed by atoms with van der Waals surface area (Å²) in [5.74, 6) is 1.02. The predicted octanol–water partition coefficient (Wildman–Crippen LogP) is 5.08. The smallest absolute Gasteiger partial charge is 0.0680 e. The Balaban J connectivity index is 1.58. The zero-order valence-corrected chi connectivity index (χ0v) is 16.9. The normalized spacial score (nSPS) is 20.3. The molecule has 1 fully saturated rings. The van der Waals surface area contributed by atoms with Gasteiger partial charge in [0.05, 0.1) is 4.21 Å². The predicted molar refractivity (Wildman–Crippen MR) is 111 cm³/mol. The van der Waals surface area contributed by atoms with Gasteiger partial charge < -0.3 is 9.80 Å². The highest BCUT2D eigenvalue weighted by Gasteiger charge is 2.20. The van der Waals surface area contributed by atoms with Crippen molar-refractivity contribution >= 4 is 40.3 Å². The highest BCUT2D eigenvalue weighted by Crippen LogP contribution is 2.43. The molecule has 0 atom stereocenters. The Hall–Kier alpha value is -0.780. The second-order valence-electron chi connectivity index (χ2n) is 6.76. The second kappa shape index (κ2) is 7.85. The summed E-state index contributed by atoms with van der Waals surface area (Å²) in [6.45, 7) is 5.86. The number of thiophene rings is 1. The third-order valence-corrected chi connectivity index (χ3v) is 7.55. The molecule has 0 aliphatic carbocycles. The lowest BCUT2D eigenvalue weighted by Gasteiger charge is -2.32. The van der Waals surface area contributed by atoms with Gasteiger partial charge in [0.25, 0.3) is 0 Å². The SMILES string of the molecule is CN1CCN(CC/C=C2\c3cc(Cl)ccc3CSc3sccc32)CC1. The lowest BCUT2D eigenvalue weighted by Crippen LogP contribution is -2.44. The van der Waals surface area contributed by atoms with Crippen LogP contribution in [0, 0.1) is 0 Å². The van der Waals surface area contributed by atoms with Crippen molar-refractivity contribution in [2.45, 2.75) is 16.4 Å². The minimum atomic E-state index is 0.826. The van der Waals surface area contributed by atoms with E-state index in [0.29, 0.717) is 0 Å². The molecule has 0 spiro atoms. The van der Waals surface area contributed by atoms with E-state index in [2.05, 4.69) is 46.5 Å². The van der Waals surface area contributed by atoms with Crippen LogP contribution in [0.25, 0.3) is 5.57 Å². The van der Waals surface area contributed by atoms with Crippen molar-refractivity contribution in [3.05, 3.63) is 57.4 Å². The number of benzene rings is 1. The van der Waals surface area contributed by atoms with E-state index in [1.807, 2.05) is 29.2 Å². The van der Waals surface area contributed by atoms with E-state index in [4.69, 9.17) is 11.6 Å². The molecule has 4 rings (SSSR count). The van der Waals surface area contributed by atoms with Gasteiger partial charge in [0.15, 0.2) is 0 Å². The number of fused-ring (bicyclic) bond motifs is 2. The fourth-order valence-electron chi connectivity index (χ4n) is 3.50. The first-order valence-electron chi connectivity index (χ1n) is 8.81. The molecule has 1 saturated heterocycles. The third kappa shape index (κ3) is 3.99. The van der Waals surface area contributed by atoms with Crippen LogP contribution in [0.5, 0.6) is 0 Å². The maximum absolute atomic E-state index is 6.32. The van der Waals surface area contributed by atoms with Crippen LogP contribution in [0.4, 0.5) is 0 Å². The number of hydrogen-bond acceptors (Lipinski definition) is 4. The molecule has 0 N–H and O–H groups in total. The fourth-order valence-corrected chi connectivity index (χ4v) is 5.80. The van der Waals surface area contributed by atoms with E-state index in [1.54, 1.807) is 0 Å². The number of halogens is 1. The van der Waals surface area contributed by atoms with Crippen molar-refractivity contribution in [3.63, 3.8) is 0 Å². The third-order valence-electron chi connectivity index (χ3n) is 5.03. The van der Waals surface area contributed by atoms with Gasteiger partial charge in [-0.1, -0.05) is 23.7 Å². The van der Waals surface area contributed by atoms with Crippen LogP contribution in [0.15, 0.2) is 39.9 Å². The van der Waals surface area contributed by atoms with E-state index >= 15 is 0 Å². The van der Waals surface area contributed by atoms with Crippen molar-refractivity contribution in [1.82, 2.24) is 9.80 Å². The van der Waals surface area contributed by atoms with Crippen molar-refractivity contribution in [2.75, 3.05) is 39.8 Å². The summed E-state index contributed by atoms with van der Waals surface area (Å²) in [6.07, 6.45) is 3.52. The maximum atomic E-state index is 6.32. The zero-order chi connectivity index (χ0) is 17.2. The van der Waals surface area contributed by atoms with E-state index < -0.39 is 0 Å². The molecule has 3 heterocycles. The standard InChI is InChI=1S/C20H23ClN2S2/c1-22-8-10-23(11-9-22)7-2-3-17-18-6-12-24-20(18)25-14-15-4-5-16(21)13-19(15)17/h3-6,12-13H,2,7-11,14H2,1H3/b17-3-. The highest BCUT2D eigenvalue weighted by atomic mass is 35.5. The molecule has 5 heteroatoms. The van der Waals surface area contributed by atoms with Gasteiger partial charge in [0.2, 0.25) is 0 Å². The van der Waals surface area contributed by atoms with Gasteiger partial charge in [-0.25, -0.2) is 0 Å². The minimum Gasteiger partial charge on any atom is -0.304 e. The molecule has 2 aliphatic rings. The number of hydrogen-bond donors (Lipinski definition) is 0. The Bertz CT molecular complexity index is 776. The first-order valence-corrected chi connectivity index (χ1v) is 11.1. The Morgan fingerprint density at radius 3 is 2.80 bits per heavy atom. The topological polar surface area (TPSA) is 6.48 Å². The summed E-state index contributed by atoms with van der Waals surface area (Å²) in [7, 11) is 2.21. The van der Waals surface area contributed by atoms with Crippen LogP contribution in [-0.2, 0) is 5.75 Å². The van der Waals surface area contributed by atoms with Crippen LogP contribution < -0.4 is 0 Å². The molecule has 0 radical (unpaired) electrons. The molecule has 1 aromatic carbocycles. The van der Waals surface area contributed by atoms with Crippen molar-refractivity contribution in [2.24, 2.45) is 0 Å². The molecule has 0 amide bonds. The number of rotatable bonds is 3. The molecule has 0 unspecified atom stereocenters. The molecular formula is C20H23ClN2S2. The lowest BCUT2D eigenvalue weighted by atomic mass is 9.95. The van der Waals surface area contributed by atoms with Crippen LogP contribution in [0.3, 0.4) is 0 Å². The van der Waals surface area contributed by atoms with Crippen molar-refractivity contribution < 1.29 is 0 Å². The van der Waals surface area contributed by atoms with Crippen LogP contribution in [0.2, 0.25) is 5.02 Å². The molecular weight excluding hydrogens is 368 g/mol. The number of piperazine rings is 1. The molecule has 0 saturated carbocycles. The summed E-state index contributed by atoms with van der Waals surface area (Å²) in [6, 6.07) is 8.62. The van der Waals surface area contributed by atoms with Gasteiger partial charge in [-0.05, 0) is 53.7 Å².